The molecule has 21 heavy (non-hydrogen) atoms. The molecular weight excluding hydrogens is 264 g/mol. The number of nitrogens with zero attached hydrogens (tertiary/aromatic N) is 1. The Balaban J connectivity index is 1.97. The third kappa shape index (κ3) is 4.45. The molecule has 2 rings (SSSR count). The van der Waals surface area contributed by atoms with E-state index in [4.69, 9.17) is 4.74 Å². The Morgan fingerprint density at radius 1 is 1.10 bits per heavy atom. The van der Waals surface area contributed by atoms with Gasteiger partial charge in [0.05, 0.1) is 11.9 Å². The summed E-state index contributed by atoms with van der Waals surface area (Å²) in [7, 11) is 0. The van der Waals surface area contributed by atoms with Crippen LogP contribution in [-0.4, -0.2) is 12.2 Å². The third-order valence-electron chi connectivity index (χ3n) is 3.06. The molecular formula is C17H18N2O2. The summed E-state index contributed by atoms with van der Waals surface area (Å²) in [6.45, 7) is 5.52. The number of carbonyl (C=O) groups is 1. The first-order valence-electron chi connectivity index (χ1n) is 6.69. The van der Waals surface area contributed by atoms with Crippen molar-refractivity contribution in [2.75, 3.05) is 5.43 Å². The SMILES string of the molecule is CC(=O)Oc1ccc(/C=N/Nc2ccc(C)c(C)c2)cc1. The molecule has 2 aromatic carbocycles. The third-order valence-corrected chi connectivity index (χ3v) is 3.06. The van der Waals surface area contributed by atoms with Crippen molar-refractivity contribution in [1.82, 2.24) is 0 Å². The van der Waals surface area contributed by atoms with Gasteiger partial charge in [0, 0.05) is 6.92 Å². The first-order chi connectivity index (χ1) is 10.0. The van der Waals surface area contributed by atoms with Crippen LogP contribution in [0.5, 0.6) is 5.75 Å². The van der Waals surface area contributed by atoms with Crippen LogP contribution >= 0.6 is 0 Å². The van der Waals surface area contributed by atoms with E-state index in [-0.39, 0.29) is 5.97 Å². The minimum Gasteiger partial charge on any atom is -0.427 e. The molecule has 0 aliphatic rings. The molecule has 0 atom stereocenters. The molecule has 0 heterocycles. The zero-order chi connectivity index (χ0) is 15.2. The molecule has 0 fully saturated rings. The lowest BCUT2D eigenvalue weighted by atomic mass is 10.1. The first-order valence-corrected chi connectivity index (χ1v) is 6.69. The summed E-state index contributed by atoms with van der Waals surface area (Å²) in [5.74, 6) is 0.203. The van der Waals surface area contributed by atoms with Crippen molar-refractivity contribution < 1.29 is 9.53 Å². The number of hydrogen-bond acceptors (Lipinski definition) is 4. The molecule has 4 heteroatoms. The van der Waals surface area contributed by atoms with E-state index in [1.807, 2.05) is 18.2 Å². The molecule has 108 valence electrons. The monoisotopic (exact) mass is 282 g/mol. The topological polar surface area (TPSA) is 50.7 Å². The van der Waals surface area contributed by atoms with E-state index in [0.717, 1.165) is 11.3 Å². The summed E-state index contributed by atoms with van der Waals surface area (Å²) in [5, 5.41) is 4.19. The maximum absolute atomic E-state index is 10.8. The van der Waals surface area contributed by atoms with Gasteiger partial charge in [0.15, 0.2) is 0 Å². The second kappa shape index (κ2) is 6.70. The van der Waals surface area contributed by atoms with Crippen LogP contribution in [0.3, 0.4) is 0 Å². The van der Waals surface area contributed by atoms with Crippen LogP contribution in [0.2, 0.25) is 0 Å². The Labute approximate surface area is 124 Å². The van der Waals surface area contributed by atoms with Gasteiger partial charge in [-0.15, -0.1) is 0 Å². The summed E-state index contributed by atoms with van der Waals surface area (Å²) in [6, 6.07) is 13.2. The molecule has 4 nitrogen and oxygen atoms in total. The fourth-order valence-corrected chi connectivity index (χ4v) is 1.78. The van der Waals surface area contributed by atoms with Crippen molar-refractivity contribution in [2.24, 2.45) is 5.10 Å². The predicted molar refractivity (Wildman–Crippen MR) is 84.9 cm³/mol. The number of hydrazone groups is 1. The number of anilines is 1. The average Bonchev–Trinajstić information content (AvgIpc) is 2.44. The van der Waals surface area contributed by atoms with Gasteiger partial charge >= 0.3 is 5.97 Å². The molecule has 0 aromatic heterocycles. The van der Waals surface area contributed by atoms with Gasteiger partial charge in [0.1, 0.15) is 5.75 Å². The summed E-state index contributed by atoms with van der Waals surface area (Å²) < 4.78 is 4.97. The second-order valence-corrected chi connectivity index (χ2v) is 4.83. The van der Waals surface area contributed by atoms with E-state index in [1.54, 1.807) is 18.3 Å². The van der Waals surface area contributed by atoms with Gasteiger partial charge in [-0.3, -0.25) is 10.2 Å². The number of rotatable bonds is 4. The molecule has 0 spiro atoms. The first kappa shape index (κ1) is 14.8. The van der Waals surface area contributed by atoms with Crippen molar-refractivity contribution in [3.63, 3.8) is 0 Å². The van der Waals surface area contributed by atoms with Gasteiger partial charge < -0.3 is 4.74 Å². The van der Waals surface area contributed by atoms with Gasteiger partial charge in [-0.05, 0) is 66.9 Å². The Hall–Kier alpha value is -2.62. The number of hydrogen-bond donors (Lipinski definition) is 1. The molecule has 0 bridgehead atoms. The van der Waals surface area contributed by atoms with E-state index >= 15 is 0 Å². The zero-order valence-corrected chi connectivity index (χ0v) is 12.4. The maximum atomic E-state index is 10.8. The minimum atomic E-state index is -0.326. The Morgan fingerprint density at radius 2 is 1.81 bits per heavy atom. The van der Waals surface area contributed by atoms with Crippen LogP contribution in [0.15, 0.2) is 47.6 Å². The van der Waals surface area contributed by atoms with E-state index in [1.165, 1.54) is 18.1 Å². The lowest BCUT2D eigenvalue weighted by Crippen LogP contribution is -2.01. The van der Waals surface area contributed by atoms with Crippen LogP contribution < -0.4 is 10.2 Å². The van der Waals surface area contributed by atoms with E-state index in [0.29, 0.717) is 5.75 Å². The molecule has 0 unspecified atom stereocenters. The standard InChI is InChI=1S/C17H18N2O2/c1-12-4-7-16(10-13(12)2)19-18-11-15-5-8-17(9-6-15)21-14(3)20/h4-11,19H,1-3H3/b18-11+. The lowest BCUT2D eigenvalue weighted by molar-refractivity contribution is -0.131. The highest BCUT2D eigenvalue weighted by molar-refractivity contribution is 5.80. The van der Waals surface area contributed by atoms with Crippen LogP contribution in [0.4, 0.5) is 5.69 Å². The fourth-order valence-electron chi connectivity index (χ4n) is 1.78. The largest absolute Gasteiger partial charge is 0.427 e. The van der Waals surface area contributed by atoms with Crippen LogP contribution in [0.25, 0.3) is 0 Å². The fraction of sp³-hybridized carbons (Fsp3) is 0.176. The second-order valence-electron chi connectivity index (χ2n) is 4.83. The highest BCUT2D eigenvalue weighted by atomic mass is 16.5. The van der Waals surface area contributed by atoms with E-state index in [2.05, 4.69) is 36.5 Å². The highest BCUT2D eigenvalue weighted by Gasteiger charge is 1.97. The van der Waals surface area contributed by atoms with Gasteiger partial charge in [0.25, 0.3) is 0 Å². The van der Waals surface area contributed by atoms with Crippen molar-refractivity contribution in [2.45, 2.75) is 20.8 Å². The van der Waals surface area contributed by atoms with E-state index in [9.17, 15) is 4.79 Å². The number of aryl methyl sites for hydroxylation is 2. The molecule has 0 amide bonds. The molecule has 0 saturated heterocycles. The van der Waals surface area contributed by atoms with Crippen molar-refractivity contribution in [3.8, 4) is 5.75 Å². The number of esters is 1. The van der Waals surface area contributed by atoms with Crippen LogP contribution in [-0.2, 0) is 4.79 Å². The Kier molecular flexibility index (Phi) is 4.72. The number of nitrogens with one attached hydrogen (secondary N) is 1. The van der Waals surface area contributed by atoms with E-state index < -0.39 is 0 Å². The summed E-state index contributed by atoms with van der Waals surface area (Å²) in [6.07, 6.45) is 1.72. The Morgan fingerprint density at radius 3 is 2.43 bits per heavy atom. The quantitative estimate of drug-likeness (QED) is 0.403. The normalized spacial score (nSPS) is 10.6. The van der Waals surface area contributed by atoms with Crippen molar-refractivity contribution in [3.05, 3.63) is 59.2 Å². The van der Waals surface area contributed by atoms with Gasteiger partial charge in [-0.25, -0.2) is 0 Å². The molecule has 0 saturated carbocycles. The predicted octanol–water partition coefficient (Wildman–Crippen LogP) is 3.67. The zero-order valence-electron chi connectivity index (χ0n) is 12.4. The number of carbonyl (C=O) groups excluding carboxylic acids is 1. The molecule has 1 N–H and O–H groups in total. The lowest BCUT2D eigenvalue weighted by Gasteiger charge is -2.04. The van der Waals surface area contributed by atoms with Crippen molar-refractivity contribution >= 4 is 17.9 Å². The van der Waals surface area contributed by atoms with Crippen LogP contribution in [0.1, 0.15) is 23.6 Å². The van der Waals surface area contributed by atoms with Gasteiger partial charge in [0.2, 0.25) is 0 Å². The average molecular weight is 282 g/mol. The summed E-state index contributed by atoms with van der Waals surface area (Å²) in [4.78, 5) is 10.8. The summed E-state index contributed by atoms with van der Waals surface area (Å²) in [5.41, 5.74) is 7.34. The van der Waals surface area contributed by atoms with Gasteiger partial charge in [-0.2, -0.15) is 5.10 Å². The molecule has 0 radical (unpaired) electrons. The highest BCUT2D eigenvalue weighted by Crippen LogP contribution is 2.14. The Bertz CT molecular complexity index is 661. The molecule has 2 aromatic rings. The smallest absolute Gasteiger partial charge is 0.308 e. The number of ether oxygens (including phenoxy) is 1. The minimum absolute atomic E-state index is 0.326. The molecule has 0 aliphatic heterocycles. The van der Waals surface area contributed by atoms with Gasteiger partial charge in [-0.1, -0.05) is 6.07 Å². The maximum Gasteiger partial charge on any atom is 0.308 e. The molecule has 0 aliphatic carbocycles. The van der Waals surface area contributed by atoms with Crippen LogP contribution in [0, 0.1) is 13.8 Å². The summed E-state index contributed by atoms with van der Waals surface area (Å²) >= 11 is 0. The van der Waals surface area contributed by atoms with Crippen molar-refractivity contribution in [1.29, 1.82) is 0 Å². The number of benzene rings is 2.